The number of benzene rings is 1. The predicted molar refractivity (Wildman–Crippen MR) is 86.6 cm³/mol. The van der Waals surface area contributed by atoms with Crippen molar-refractivity contribution in [3.8, 4) is 0 Å². The van der Waals surface area contributed by atoms with Crippen molar-refractivity contribution >= 4 is 17.5 Å². The van der Waals surface area contributed by atoms with Crippen molar-refractivity contribution in [2.75, 3.05) is 5.32 Å². The molecule has 3 rings (SSSR count). The van der Waals surface area contributed by atoms with Gasteiger partial charge in [0.15, 0.2) is 0 Å². The summed E-state index contributed by atoms with van der Waals surface area (Å²) in [7, 11) is 0. The van der Waals surface area contributed by atoms with Crippen molar-refractivity contribution in [3.05, 3.63) is 29.6 Å². The maximum absolute atomic E-state index is 13.4. The van der Waals surface area contributed by atoms with Crippen LogP contribution in [0.5, 0.6) is 0 Å². The van der Waals surface area contributed by atoms with E-state index in [1.165, 1.54) is 31.4 Å². The fraction of sp³-hybridized carbons (Fsp3) is 0.556. The zero-order valence-electron chi connectivity index (χ0n) is 13.2. The summed E-state index contributed by atoms with van der Waals surface area (Å²) < 4.78 is 13.4. The molecule has 1 fully saturated rings. The third kappa shape index (κ3) is 3.89. The largest absolute Gasteiger partial charge is 0.353 e. The standard InChI is InChI=1S/C18H23FN2O2/c19-12-8-9-14-15(11-17(22)21-16(14)10-12)18(23)20-13-6-4-2-1-3-5-7-13/h8-10,13,15H,1-7,11H2,(H,20,23)(H,21,22)/t15-/m0/s1. The van der Waals surface area contributed by atoms with Gasteiger partial charge in [0.05, 0.1) is 5.92 Å². The second-order valence-corrected chi connectivity index (χ2v) is 6.59. The fourth-order valence-electron chi connectivity index (χ4n) is 3.57. The topological polar surface area (TPSA) is 58.2 Å². The van der Waals surface area contributed by atoms with Crippen LogP contribution in [0.15, 0.2) is 18.2 Å². The number of hydrogen-bond acceptors (Lipinski definition) is 2. The summed E-state index contributed by atoms with van der Waals surface area (Å²) in [6.45, 7) is 0. The van der Waals surface area contributed by atoms with Crippen LogP contribution in [0, 0.1) is 5.82 Å². The summed E-state index contributed by atoms with van der Waals surface area (Å²) in [6, 6.07) is 4.41. The van der Waals surface area contributed by atoms with Crippen LogP contribution in [0.2, 0.25) is 0 Å². The lowest BCUT2D eigenvalue weighted by molar-refractivity contribution is -0.127. The molecule has 1 heterocycles. The average molecular weight is 318 g/mol. The monoisotopic (exact) mass is 318 g/mol. The Morgan fingerprint density at radius 3 is 2.57 bits per heavy atom. The van der Waals surface area contributed by atoms with E-state index in [1.807, 2.05) is 0 Å². The molecule has 23 heavy (non-hydrogen) atoms. The van der Waals surface area contributed by atoms with Gasteiger partial charge in [0.1, 0.15) is 5.82 Å². The summed E-state index contributed by atoms with van der Waals surface area (Å²) >= 11 is 0. The minimum absolute atomic E-state index is 0.113. The lowest BCUT2D eigenvalue weighted by Crippen LogP contribution is -2.41. The summed E-state index contributed by atoms with van der Waals surface area (Å²) in [5.41, 5.74) is 1.12. The van der Waals surface area contributed by atoms with Gasteiger partial charge in [-0.2, -0.15) is 0 Å². The van der Waals surface area contributed by atoms with Gasteiger partial charge in [-0.15, -0.1) is 0 Å². The van der Waals surface area contributed by atoms with Crippen LogP contribution in [0.1, 0.15) is 62.8 Å². The molecule has 2 amide bonds. The van der Waals surface area contributed by atoms with E-state index in [2.05, 4.69) is 10.6 Å². The van der Waals surface area contributed by atoms with Crippen LogP contribution in [0.25, 0.3) is 0 Å². The Morgan fingerprint density at radius 2 is 1.83 bits per heavy atom. The molecule has 5 heteroatoms. The van der Waals surface area contributed by atoms with E-state index in [1.54, 1.807) is 6.07 Å². The van der Waals surface area contributed by atoms with Gasteiger partial charge in [0, 0.05) is 18.2 Å². The van der Waals surface area contributed by atoms with Gasteiger partial charge in [-0.1, -0.05) is 38.2 Å². The number of rotatable bonds is 2. The minimum Gasteiger partial charge on any atom is -0.353 e. The number of anilines is 1. The summed E-state index contributed by atoms with van der Waals surface area (Å²) in [5, 5.41) is 5.77. The molecular formula is C18H23FN2O2. The molecular weight excluding hydrogens is 295 g/mol. The molecule has 1 aliphatic heterocycles. The molecule has 1 saturated carbocycles. The van der Waals surface area contributed by atoms with Crippen molar-refractivity contribution in [1.29, 1.82) is 0 Å². The van der Waals surface area contributed by atoms with E-state index in [9.17, 15) is 14.0 Å². The molecule has 1 aromatic carbocycles. The fourth-order valence-corrected chi connectivity index (χ4v) is 3.57. The smallest absolute Gasteiger partial charge is 0.228 e. The highest BCUT2D eigenvalue weighted by molar-refractivity contribution is 6.01. The van der Waals surface area contributed by atoms with Crippen LogP contribution in [-0.2, 0) is 9.59 Å². The second kappa shape index (κ2) is 7.11. The molecule has 0 unspecified atom stereocenters. The SMILES string of the molecule is O=C1C[C@H](C(=O)NC2CCCCCCC2)c2ccc(F)cc2N1. The van der Waals surface area contributed by atoms with Gasteiger partial charge < -0.3 is 10.6 Å². The minimum atomic E-state index is -0.523. The number of fused-ring (bicyclic) bond motifs is 1. The number of hydrogen-bond donors (Lipinski definition) is 2. The Hall–Kier alpha value is -1.91. The Labute approximate surface area is 135 Å². The molecule has 1 aromatic rings. The molecule has 0 radical (unpaired) electrons. The third-order valence-electron chi connectivity index (χ3n) is 4.82. The van der Waals surface area contributed by atoms with Crippen LogP contribution < -0.4 is 10.6 Å². The maximum Gasteiger partial charge on any atom is 0.228 e. The first-order chi connectivity index (χ1) is 11.1. The van der Waals surface area contributed by atoms with Crippen molar-refractivity contribution in [1.82, 2.24) is 5.32 Å². The molecule has 0 aromatic heterocycles. The predicted octanol–water partition coefficient (Wildman–Crippen LogP) is 3.48. The van der Waals surface area contributed by atoms with Gasteiger partial charge in [-0.3, -0.25) is 9.59 Å². The van der Waals surface area contributed by atoms with Crippen LogP contribution in [0.4, 0.5) is 10.1 Å². The Kier molecular flexibility index (Phi) is 4.94. The second-order valence-electron chi connectivity index (χ2n) is 6.59. The van der Waals surface area contributed by atoms with E-state index >= 15 is 0 Å². The summed E-state index contributed by atoms with van der Waals surface area (Å²) in [5.74, 6) is -1.28. The van der Waals surface area contributed by atoms with Crippen LogP contribution in [0.3, 0.4) is 0 Å². The average Bonchev–Trinajstić information content (AvgIpc) is 2.48. The lowest BCUT2D eigenvalue weighted by atomic mass is 9.88. The van der Waals surface area contributed by atoms with E-state index in [-0.39, 0.29) is 24.3 Å². The van der Waals surface area contributed by atoms with Crippen molar-refractivity contribution in [3.63, 3.8) is 0 Å². The molecule has 1 aliphatic carbocycles. The highest BCUT2D eigenvalue weighted by Crippen LogP contribution is 2.33. The van der Waals surface area contributed by atoms with E-state index in [0.29, 0.717) is 11.3 Å². The maximum atomic E-state index is 13.4. The van der Waals surface area contributed by atoms with Gasteiger partial charge in [0.25, 0.3) is 0 Å². The van der Waals surface area contributed by atoms with Gasteiger partial charge in [-0.25, -0.2) is 4.39 Å². The third-order valence-corrected chi connectivity index (χ3v) is 4.82. The molecule has 0 bridgehead atoms. The highest BCUT2D eigenvalue weighted by atomic mass is 19.1. The van der Waals surface area contributed by atoms with E-state index < -0.39 is 11.7 Å². The van der Waals surface area contributed by atoms with E-state index in [0.717, 1.165) is 25.7 Å². The molecule has 2 aliphatic rings. The van der Waals surface area contributed by atoms with Crippen molar-refractivity contribution in [2.45, 2.75) is 63.3 Å². The molecule has 124 valence electrons. The van der Waals surface area contributed by atoms with Gasteiger partial charge >= 0.3 is 0 Å². The van der Waals surface area contributed by atoms with Crippen molar-refractivity contribution < 1.29 is 14.0 Å². The van der Waals surface area contributed by atoms with Gasteiger partial charge in [0.2, 0.25) is 11.8 Å². The first-order valence-electron chi connectivity index (χ1n) is 8.53. The number of nitrogens with one attached hydrogen (secondary N) is 2. The molecule has 2 N–H and O–H groups in total. The molecule has 0 spiro atoms. The summed E-state index contributed by atoms with van der Waals surface area (Å²) in [6.07, 6.45) is 8.12. The number of carbonyl (C=O) groups is 2. The molecule has 0 saturated heterocycles. The molecule has 4 nitrogen and oxygen atoms in total. The Morgan fingerprint density at radius 1 is 1.13 bits per heavy atom. The van der Waals surface area contributed by atoms with E-state index in [4.69, 9.17) is 0 Å². The van der Waals surface area contributed by atoms with Crippen molar-refractivity contribution in [2.24, 2.45) is 0 Å². The zero-order valence-corrected chi connectivity index (χ0v) is 13.2. The Balaban J connectivity index is 1.73. The van der Waals surface area contributed by atoms with Gasteiger partial charge in [-0.05, 0) is 30.5 Å². The first kappa shape index (κ1) is 16.0. The highest BCUT2D eigenvalue weighted by Gasteiger charge is 2.31. The normalized spacial score (nSPS) is 22.5. The molecule has 1 atom stereocenters. The van der Waals surface area contributed by atoms with Crippen LogP contribution >= 0.6 is 0 Å². The lowest BCUT2D eigenvalue weighted by Gasteiger charge is -2.28. The Bertz CT molecular complexity index is 595. The number of halogens is 1. The zero-order chi connectivity index (χ0) is 16.2. The number of amides is 2. The van der Waals surface area contributed by atoms with Crippen LogP contribution in [-0.4, -0.2) is 17.9 Å². The summed E-state index contributed by atoms with van der Waals surface area (Å²) in [4.78, 5) is 24.5. The first-order valence-corrected chi connectivity index (χ1v) is 8.53. The quantitative estimate of drug-likeness (QED) is 0.877. The number of carbonyl (C=O) groups excluding carboxylic acids is 2.